The highest BCUT2D eigenvalue weighted by molar-refractivity contribution is 7.99. The first kappa shape index (κ1) is 22.8. The van der Waals surface area contributed by atoms with E-state index >= 15 is 0 Å². The van der Waals surface area contributed by atoms with Gasteiger partial charge in [-0.05, 0) is 38.0 Å². The lowest BCUT2D eigenvalue weighted by Gasteiger charge is -2.22. The van der Waals surface area contributed by atoms with Gasteiger partial charge in [0.25, 0.3) is 0 Å². The van der Waals surface area contributed by atoms with Crippen LogP contribution in [-0.2, 0) is 21.2 Å². The summed E-state index contributed by atoms with van der Waals surface area (Å²) in [6.07, 6.45) is 0.949. The normalized spacial score (nSPS) is 16.1. The van der Waals surface area contributed by atoms with Gasteiger partial charge < -0.3 is 4.90 Å². The van der Waals surface area contributed by atoms with Gasteiger partial charge in [-0.3, -0.25) is 9.89 Å². The monoisotopic (exact) mass is 450 g/mol. The zero-order chi connectivity index (χ0) is 21.9. The van der Waals surface area contributed by atoms with Crippen LogP contribution in [0, 0.1) is 13.8 Å². The Morgan fingerprint density at radius 1 is 1.13 bits per heavy atom. The molecule has 0 spiro atoms. The van der Waals surface area contributed by atoms with Gasteiger partial charge in [0.1, 0.15) is 4.90 Å². The lowest BCUT2D eigenvalue weighted by atomic mass is 10.1. The number of nitrogens with one attached hydrogen (secondary N) is 1. The Balaban J connectivity index is 1.63. The third-order valence-corrected chi connectivity index (χ3v) is 8.29. The van der Waals surface area contributed by atoms with E-state index < -0.39 is 10.0 Å². The summed E-state index contributed by atoms with van der Waals surface area (Å²) in [5.74, 6) is 0.0363. The summed E-state index contributed by atoms with van der Waals surface area (Å²) < 4.78 is 27.6. The molecule has 1 aromatic carbocycles. The van der Waals surface area contributed by atoms with E-state index in [1.807, 2.05) is 12.1 Å². The van der Waals surface area contributed by atoms with Gasteiger partial charge in [-0.15, -0.1) is 11.8 Å². The molecule has 0 radical (unpaired) electrons. The lowest BCUT2D eigenvalue weighted by molar-refractivity contribution is -0.130. The molecule has 1 aliphatic rings. The number of H-pyrrole nitrogens is 1. The molecule has 2 heterocycles. The molecule has 9 heteroatoms. The lowest BCUT2D eigenvalue weighted by Crippen LogP contribution is -2.38. The number of carbonyl (C=O) groups excluding carboxylic acids is 1. The average molecular weight is 451 g/mol. The molecule has 164 valence electrons. The van der Waals surface area contributed by atoms with Crippen LogP contribution in [0.3, 0.4) is 0 Å². The third kappa shape index (κ3) is 5.25. The van der Waals surface area contributed by atoms with Gasteiger partial charge in [0.2, 0.25) is 15.9 Å². The van der Waals surface area contributed by atoms with Crippen molar-refractivity contribution in [3.63, 3.8) is 0 Å². The highest BCUT2D eigenvalue weighted by Crippen LogP contribution is 2.24. The summed E-state index contributed by atoms with van der Waals surface area (Å²) in [5.41, 5.74) is 2.00. The van der Waals surface area contributed by atoms with Crippen molar-refractivity contribution in [3.05, 3.63) is 41.2 Å². The first-order chi connectivity index (χ1) is 14.2. The Hall–Kier alpha value is -1.84. The van der Waals surface area contributed by atoms with Crippen molar-refractivity contribution in [2.45, 2.75) is 55.6 Å². The van der Waals surface area contributed by atoms with Gasteiger partial charge in [0, 0.05) is 36.3 Å². The number of aromatic nitrogens is 2. The van der Waals surface area contributed by atoms with Gasteiger partial charge in [0.15, 0.2) is 0 Å². The minimum Gasteiger partial charge on any atom is -0.341 e. The summed E-state index contributed by atoms with van der Waals surface area (Å²) in [6, 6.07) is 8.11. The van der Waals surface area contributed by atoms with Crippen LogP contribution in [0.5, 0.6) is 0 Å². The van der Waals surface area contributed by atoms with Crippen LogP contribution in [0.2, 0.25) is 0 Å². The first-order valence-corrected chi connectivity index (χ1v) is 12.6. The quantitative estimate of drug-likeness (QED) is 0.684. The highest BCUT2D eigenvalue weighted by atomic mass is 32.2. The summed E-state index contributed by atoms with van der Waals surface area (Å²) in [6.45, 7) is 9.37. The SMILES string of the molecule is Cc1n[nH]c(C)c1S(=O)(=O)N1CCCN(C(=O)Cc2ccc(SC(C)C)cc2)CC1. The molecule has 0 saturated carbocycles. The van der Waals surface area contributed by atoms with E-state index in [4.69, 9.17) is 0 Å². The number of benzene rings is 1. The number of sulfonamides is 1. The van der Waals surface area contributed by atoms with E-state index in [2.05, 4.69) is 36.2 Å². The van der Waals surface area contributed by atoms with Gasteiger partial charge in [0.05, 0.1) is 17.8 Å². The molecular formula is C21H30N4O3S2. The molecule has 30 heavy (non-hydrogen) atoms. The molecule has 0 unspecified atom stereocenters. The molecule has 0 aliphatic carbocycles. The van der Waals surface area contributed by atoms with E-state index in [0.29, 0.717) is 55.7 Å². The molecule has 1 fully saturated rings. The van der Waals surface area contributed by atoms with E-state index in [1.54, 1.807) is 30.5 Å². The zero-order valence-corrected chi connectivity index (χ0v) is 19.6. The van der Waals surface area contributed by atoms with Crippen LogP contribution in [0.1, 0.15) is 37.2 Å². The Bertz CT molecular complexity index is 965. The van der Waals surface area contributed by atoms with E-state index in [1.165, 1.54) is 9.20 Å². The van der Waals surface area contributed by atoms with Crippen LogP contribution in [0.15, 0.2) is 34.1 Å². The van der Waals surface area contributed by atoms with Crippen LogP contribution >= 0.6 is 11.8 Å². The fraction of sp³-hybridized carbons (Fsp3) is 0.524. The molecule has 1 aromatic heterocycles. The van der Waals surface area contributed by atoms with Crippen molar-refractivity contribution in [1.29, 1.82) is 0 Å². The summed E-state index contributed by atoms with van der Waals surface area (Å²) in [7, 11) is -3.63. The topological polar surface area (TPSA) is 86.4 Å². The summed E-state index contributed by atoms with van der Waals surface area (Å²) in [5, 5.41) is 7.28. The Labute approximate surface area is 183 Å². The Morgan fingerprint density at radius 2 is 1.83 bits per heavy atom. The second-order valence-electron chi connectivity index (χ2n) is 7.89. The smallest absolute Gasteiger partial charge is 0.246 e. The molecule has 1 aliphatic heterocycles. The van der Waals surface area contributed by atoms with Gasteiger partial charge in [-0.25, -0.2) is 8.42 Å². The van der Waals surface area contributed by atoms with Crippen LogP contribution < -0.4 is 0 Å². The maximum absolute atomic E-state index is 13.1. The van der Waals surface area contributed by atoms with Crippen molar-refractivity contribution in [3.8, 4) is 0 Å². The molecule has 7 nitrogen and oxygen atoms in total. The second-order valence-corrected chi connectivity index (χ2v) is 11.4. The predicted octanol–water partition coefficient (Wildman–Crippen LogP) is 2.99. The average Bonchev–Trinajstić information content (AvgIpc) is 2.88. The van der Waals surface area contributed by atoms with Crippen LogP contribution in [-0.4, -0.2) is 65.2 Å². The van der Waals surface area contributed by atoms with Crippen molar-refractivity contribution in [2.24, 2.45) is 0 Å². The fourth-order valence-electron chi connectivity index (χ4n) is 3.68. The van der Waals surface area contributed by atoms with Gasteiger partial charge >= 0.3 is 0 Å². The standard InChI is InChI=1S/C21H30N4O3S2/c1-15(2)29-19-8-6-18(7-9-19)14-20(26)24-10-5-11-25(13-12-24)30(27,28)21-16(3)22-23-17(21)4/h6-9,15H,5,10-14H2,1-4H3,(H,22,23). The number of rotatable bonds is 6. The zero-order valence-electron chi connectivity index (χ0n) is 18.0. The number of thioether (sulfide) groups is 1. The minimum absolute atomic E-state index is 0.0363. The predicted molar refractivity (Wildman–Crippen MR) is 119 cm³/mol. The molecule has 0 atom stereocenters. The van der Waals surface area contributed by atoms with E-state index in [0.717, 1.165) is 5.56 Å². The van der Waals surface area contributed by atoms with Crippen molar-refractivity contribution in [2.75, 3.05) is 26.2 Å². The van der Waals surface area contributed by atoms with Crippen molar-refractivity contribution in [1.82, 2.24) is 19.4 Å². The number of hydrogen-bond acceptors (Lipinski definition) is 5. The molecule has 1 N–H and O–H groups in total. The third-order valence-electron chi connectivity index (χ3n) is 5.12. The van der Waals surface area contributed by atoms with Gasteiger partial charge in [-0.1, -0.05) is 26.0 Å². The first-order valence-electron chi connectivity index (χ1n) is 10.2. The molecule has 2 aromatic rings. The number of aromatic amines is 1. The Morgan fingerprint density at radius 3 is 2.43 bits per heavy atom. The summed E-state index contributed by atoms with van der Waals surface area (Å²) in [4.78, 5) is 16.0. The number of amides is 1. The van der Waals surface area contributed by atoms with E-state index in [9.17, 15) is 13.2 Å². The molecule has 1 amide bonds. The molecular weight excluding hydrogens is 420 g/mol. The number of nitrogens with zero attached hydrogens (tertiary/aromatic N) is 3. The second kappa shape index (κ2) is 9.53. The number of carbonyl (C=O) groups is 1. The van der Waals surface area contributed by atoms with Crippen molar-refractivity contribution < 1.29 is 13.2 Å². The van der Waals surface area contributed by atoms with E-state index in [-0.39, 0.29) is 10.8 Å². The maximum Gasteiger partial charge on any atom is 0.246 e. The highest BCUT2D eigenvalue weighted by Gasteiger charge is 2.31. The van der Waals surface area contributed by atoms with Crippen LogP contribution in [0.4, 0.5) is 0 Å². The fourth-order valence-corrected chi connectivity index (χ4v) is 6.32. The molecule has 0 bridgehead atoms. The number of aryl methyl sites for hydroxylation is 2. The number of hydrogen-bond donors (Lipinski definition) is 1. The molecule has 1 saturated heterocycles. The minimum atomic E-state index is -3.63. The maximum atomic E-state index is 13.1. The molecule has 3 rings (SSSR count). The Kier molecular flexibility index (Phi) is 7.26. The summed E-state index contributed by atoms with van der Waals surface area (Å²) >= 11 is 1.80. The van der Waals surface area contributed by atoms with Crippen molar-refractivity contribution >= 4 is 27.7 Å². The van der Waals surface area contributed by atoms with Crippen LogP contribution in [0.25, 0.3) is 0 Å². The van der Waals surface area contributed by atoms with Gasteiger partial charge in [-0.2, -0.15) is 9.40 Å². The largest absolute Gasteiger partial charge is 0.341 e.